The summed E-state index contributed by atoms with van der Waals surface area (Å²) >= 11 is 3.43. The van der Waals surface area contributed by atoms with Gasteiger partial charge in [-0.2, -0.15) is 0 Å². The largest absolute Gasteiger partial charge is 0.465 e. The number of benzene rings is 2. The van der Waals surface area contributed by atoms with Crippen LogP contribution in [0.2, 0.25) is 0 Å². The molecule has 0 radical (unpaired) electrons. The average Bonchev–Trinajstić information content (AvgIpc) is 2.52. The molecule has 3 nitrogen and oxygen atoms in total. The van der Waals surface area contributed by atoms with E-state index in [1.54, 1.807) is 6.07 Å². The maximum Gasteiger partial charge on any atom is 0.338 e. The van der Waals surface area contributed by atoms with Crippen molar-refractivity contribution in [2.75, 3.05) is 7.11 Å². The molecule has 0 spiro atoms. The summed E-state index contributed by atoms with van der Waals surface area (Å²) in [5.41, 5.74) is 2.75. The van der Waals surface area contributed by atoms with E-state index >= 15 is 0 Å². The summed E-state index contributed by atoms with van der Waals surface area (Å²) in [6, 6.07) is 15.9. The monoisotopic (exact) mass is 347 g/mol. The molecule has 0 bridgehead atoms. The van der Waals surface area contributed by atoms with Crippen molar-refractivity contribution >= 4 is 21.9 Å². The highest BCUT2D eigenvalue weighted by Gasteiger charge is 2.12. The second-order valence-electron chi connectivity index (χ2n) is 4.80. The zero-order valence-corrected chi connectivity index (χ0v) is 13.7. The van der Waals surface area contributed by atoms with E-state index in [4.69, 9.17) is 4.74 Å². The maximum absolute atomic E-state index is 11.7. The molecule has 0 unspecified atom stereocenters. The fourth-order valence-corrected chi connectivity index (χ4v) is 2.38. The number of esters is 1. The van der Waals surface area contributed by atoms with Crippen LogP contribution in [-0.2, 0) is 11.3 Å². The van der Waals surface area contributed by atoms with E-state index in [0.29, 0.717) is 12.1 Å². The van der Waals surface area contributed by atoms with Crippen LogP contribution in [-0.4, -0.2) is 13.1 Å². The van der Waals surface area contributed by atoms with Crippen LogP contribution >= 0.6 is 15.9 Å². The fourth-order valence-electron chi connectivity index (χ4n) is 2.12. The van der Waals surface area contributed by atoms with E-state index in [-0.39, 0.29) is 12.0 Å². The molecule has 0 heterocycles. The Balaban J connectivity index is 2.06. The Morgan fingerprint density at radius 2 is 1.86 bits per heavy atom. The Morgan fingerprint density at radius 3 is 2.52 bits per heavy atom. The highest BCUT2D eigenvalue weighted by atomic mass is 79.9. The van der Waals surface area contributed by atoms with Crippen LogP contribution in [0.4, 0.5) is 0 Å². The standard InChI is InChI=1S/C17H18BrNO2/c1-12(13-7-9-15(18)10-8-13)19-11-14-5-3-4-6-16(14)17(20)21-2/h3-10,12,19H,11H2,1-2H3/t12-/m1/s1. The summed E-state index contributed by atoms with van der Waals surface area (Å²) in [4.78, 5) is 11.7. The van der Waals surface area contributed by atoms with Crippen LogP contribution in [0.5, 0.6) is 0 Å². The predicted octanol–water partition coefficient (Wildman–Crippen LogP) is 4.09. The molecule has 0 aliphatic heterocycles. The Labute approximate surface area is 133 Å². The number of ether oxygens (including phenoxy) is 1. The van der Waals surface area contributed by atoms with Crippen LogP contribution in [0.25, 0.3) is 0 Å². The molecule has 0 amide bonds. The Hall–Kier alpha value is -1.65. The predicted molar refractivity (Wildman–Crippen MR) is 87.2 cm³/mol. The number of rotatable bonds is 5. The van der Waals surface area contributed by atoms with Crippen molar-refractivity contribution in [1.82, 2.24) is 5.32 Å². The van der Waals surface area contributed by atoms with Gasteiger partial charge in [0.1, 0.15) is 0 Å². The van der Waals surface area contributed by atoms with Gasteiger partial charge in [-0.3, -0.25) is 0 Å². The summed E-state index contributed by atoms with van der Waals surface area (Å²) in [6.07, 6.45) is 0. The summed E-state index contributed by atoms with van der Waals surface area (Å²) in [5.74, 6) is -0.302. The van der Waals surface area contributed by atoms with E-state index in [0.717, 1.165) is 10.0 Å². The molecule has 4 heteroatoms. The molecular formula is C17H18BrNO2. The third-order valence-corrected chi connectivity index (χ3v) is 3.92. The molecule has 2 aromatic rings. The Morgan fingerprint density at radius 1 is 1.19 bits per heavy atom. The van der Waals surface area contributed by atoms with Gasteiger partial charge in [0.2, 0.25) is 0 Å². The van der Waals surface area contributed by atoms with Crippen molar-refractivity contribution in [2.24, 2.45) is 0 Å². The molecule has 2 aromatic carbocycles. The van der Waals surface area contributed by atoms with Gasteiger partial charge in [-0.1, -0.05) is 46.3 Å². The molecule has 2 rings (SSSR count). The lowest BCUT2D eigenvalue weighted by atomic mass is 10.1. The van der Waals surface area contributed by atoms with Crippen molar-refractivity contribution in [1.29, 1.82) is 0 Å². The minimum atomic E-state index is -0.302. The molecule has 1 N–H and O–H groups in total. The molecule has 110 valence electrons. The number of hydrogen-bond acceptors (Lipinski definition) is 3. The number of methoxy groups -OCH3 is 1. The van der Waals surface area contributed by atoms with Crippen LogP contribution in [0, 0.1) is 0 Å². The highest BCUT2D eigenvalue weighted by molar-refractivity contribution is 9.10. The number of halogens is 1. The van der Waals surface area contributed by atoms with Gasteiger partial charge in [0.15, 0.2) is 0 Å². The van der Waals surface area contributed by atoms with Gasteiger partial charge in [0.25, 0.3) is 0 Å². The van der Waals surface area contributed by atoms with Crippen LogP contribution in [0.15, 0.2) is 53.0 Å². The van der Waals surface area contributed by atoms with Crippen LogP contribution in [0.1, 0.15) is 34.5 Å². The molecular weight excluding hydrogens is 330 g/mol. The molecule has 0 aliphatic carbocycles. The average molecular weight is 348 g/mol. The molecule has 0 aliphatic rings. The lowest BCUT2D eigenvalue weighted by Crippen LogP contribution is -2.20. The van der Waals surface area contributed by atoms with Gasteiger partial charge in [-0.25, -0.2) is 4.79 Å². The smallest absolute Gasteiger partial charge is 0.338 e. The van der Waals surface area contributed by atoms with E-state index in [1.807, 2.05) is 30.3 Å². The SMILES string of the molecule is COC(=O)c1ccccc1CN[C@H](C)c1ccc(Br)cc1. The summed E-state index contributed by atoms with van der Waals surface area (Å²) < 4.78 is 5.87. The molecule has 0 saturated carbocycles. The number of nitrogens with one attached hydrogen (secondary N) is 1. The third kappa shape index (κ3) is 4.16. The first kappa shape index (κ1) is 15.7. The van der Waals surface area contributed by atoms with Gasteiger partial charge in [0, 0.05) is 17.1 Å². The number of carbonyl (C=O) groups is 1. The quantitative estimate of drug-likeness (QED) is 0.828. The van der Waals surface area contributed by atoms with Crippen LogP contribution in [0.3, 0.4) is 0 Å². The molecule has 0 fully saturated rings. The number of carbonyl (C=O) groups excluding carboxylic acids is 1. The van der Waals surface area contributed by atoms with Crippen molar-refractivity contribution in [3.8, 4) is 0 Å². The van der Waals surface area contributed by atoms with Crippen molar-refractivity contribution < 1.29 is 9.53 Å². The van der Waals surface area contributed by atoms with Gasteiger partial charge in [-0.05, 0) is 36.2 Å². The van der Waals surface area contributed by atoms with Gasteiger partial charge < -0.3 is 10.1 Å². The van der Waals surface area contributed by atoms with Gasteiger partial charge in [0.05, 0.1) is 12.7 Å². The first-order valence-corrected chi connectivity index (χ1v) is 7.56. The highest BCUT2D eigenvalue weighted by Crippen LogP contribution is 2.18. The lowest BCUT2D eigenvalue weighted by molar-refractivity contribution is 0.0599. The maximum atomic E-state index is 11.7. The normalized spacial score (nSPS) is 12.0. The molecule has 21 heavy (non-hydrogen) atoms. The molecule has 0 saturated heterocycles. The topological polar surface area (TPSA) is 38.3 Å². The lowest BCUT2D eigenvalue weighted by Gasteiger charge is -2.16. The van der Waals surface area contributed by atoms with Gasteiger partial charge in [-0.15, -0.1) is 0 Å². The Bertz CT molecular complexity index is 610. The first-order valence-electron chi connectivity index (χ1n) is 6.77. The molecule has 0 aromatic heterocycles. The van der Waals surface area contributed by atoms with E-state index in [1.165, 1.54) is 12.7 Å². The second kappa shape index (κ2) is 7.38. The van der Waals surface area contributed by atoms with Crippen molar-refractivity contribution in [3.05, 3.63) is 69.7 Å². The summed E-state index contributed by atoms with van der Waals surface area (Å²) in [5, 5.41) is 3.43. The second-order valence-corrected chi connectivity index (χ2v) is 5.72. The van der Waals surface area contributed by atoms with Gasteiger partial charge >= 0.3 is 5.97 Å². The third-order valence-electron chi connectivity index (χ3n) is 3.39. The Kier molecular flexibility index (Phi) is 5.53. The van der Waals surface area contributed by atoms with Crippen molar-refractivity contribution in [3.63, 3.8) is 0 Å². The van der Waals surface area contributed by atoms with Crippen molar-refractivity contribution in [2.45, 2.75) is 19.5 Å². The van der Waals surface area contributed by atoms with E-state index in [2.05, 4.69) is 40.3 Å². The number of hydrogen-bond donors (Lipinski definition) is 1. The fraction of sp³-hybridized carbons (Fsp3) is 0.235. The van der Waals surface area contributed by atoms with E-state index in [9.17, 15) is 4.79 Å². The first-order chi connectivity index (χ1) is 10.1. The van der Waals surface area contributed by atoms with E-state index < -0.39 is 0 Å². The van der Waals surface area contributed by atoms with Crippen LogP contribution < -0.4 is 5.32 Å². The molecule has 1 atom stereocenters. The zero-order valence-electron chi connectivity index (χ0n) is 12.1. The summed E-state index contributed by atoms with van der Waals surface area (Å²) in [6.45, 7) is 2.71. The minimum Gasteiger partial charge on any atom is -0.465 e. The summed E-state index contributed by atoms with van der Waals surface area (Å²) in [7, 11) is 1.40. The zero-order chi connectivity index (χ0) is 15.2. The minimum absolute atomic E-state index is 0.198.